The fraction of sp³-hybridized carbons (Fsp3) is 0.200. The van der Waals surface area contributed by atoms with E-state index in [2.05, 4.69) is 35.5 Å². The Kier molecular flexibility index (Phi) is 3.57. The van der Waals surface area contributed by atoms with Gasteiger partial charge in [-0.05, 0) is 37.5 Å². The maximum atomic E-state index is 8.16. The molecule has 0 unspecified atom stereocenters. The van der Waals surface area contributed by atoms with Crippen LogP contribution in [-0.2, 0) is 6.42 Å². The van der Waals surface area contributed by atoms with Gasteiger partial charge in [-0.15, -0.1) is 0 Å². The Morgan fingerprint density at radius 2 is 2.08 bits per heavy atom. The van der Waals surface area contributed by atoms with E-state index in [1.165, 1.54) is 16.8 Å². The number of rotatable bonds is 3. The molecule has 1 aliphatic rings. The first-order valence-corrected chi connectivity index (χ1v) is 8.44. The summed E-state index contributed by atoms with van der Waals surface area (Å²) in [6.07, 6.45) is 6.06. The van der Waals surface area contributed by atoms with Crippen molar-refractivity contribution in [2.24, 2.45) is 5.73 Å². The van der Waals surface area contributed by atoms with Crippen LogP contribution in [0.4, 0.5) is 0 Å². The number of amidine groups is 1. The van der Waals surface area contributed by atoms with Crippen LogP contribution in [0.15, 0.2) is 42.6 Å². The van der Waals surface area contributed by atoms with Crippen molar-refractivity contribution in [3.8, 4) is 11.1 Å². The summed E-state index contributed by atoms with van der Waals surface area (Å²) < 4.78 is 1.96. The smallest absolute Gasteiger partial charge is 0.142 e. The third-order valence-corrected chi connectivity index (χ3v) is 4.85. The molecule has 3 aromatic rings. The van der Waals surface area contributed by atoms with Crippen LogP contribution in [0.3, 0.4) is 0 Å². The molecule has 0 fully saturated rings. The van der Waals surface area contributed by atoms with Crippen molar-refractivity contribution in [3.05, 3.63) is 59.6 Å². The first-order valence-electron chi connectivity index (χ1n) is 8.44. The van der Waals surface area contributed by atoms with E-state index < -0.39 is 0 Å². The predicted molar refractivity (Wildman–Crippen MR) is 103 cm³/mol. The minimum Gasteiger partial charge on any atom is -0.382 e. The number of para-hydroxylation sites is 1. The van der Waals surface area contributed by atoms with Crippen molar-refractivity contribution < 1.29 is 0 Å². The molecule has 1 aromatic carbocycles. The van der Waals surface area contributed by atoms with Crippen molar-refractivity contribution in [1.82, 2.24) is 9.66 Å². The quantitative estimate of drug-likeness (QED) is 0.507. The number of hydrogen-bond acceptors (Lipinski definition) is 3. The molecule has 4 N–H and O–H groups in total. The molecule has 2 heterocycles. The number of nitrogens with zero attached hydrogens (tertiary/aromatic N) is 2. The lowest BCUT2D eigenvalue weighted by atomic mass is 9.91. The number of benzene rings is 1. The molecule has 5 nitrogen and oxygen atoms in total. The summed E-state index contributed by atoms with van der Waals surface area (Å²) in [6, 6.07) is 10.2. The number of aromatic nitrogens is 2. The van der Waals surface area contributed by atoms with Crippen LogP contribution >= 0.6 is 0 Å². The normalized spacial score (nSPS) is 13.4. The molecule has 4 rings (SSSR count). The number of nitrogens with one attached hydrogen (secondary N) is 2. The first kappa shape index (κ1) is 15.4. The van der Waals surface area contributed by atoms with E-state index in [0.29, 0.717) is 5.69 Å². The minimum atomic E-state index is 0.0553. The highest BCUT2D eigenvalue weighted by atomic mass is 15.4. The zero-order valence-electron chi connectivity index (χ0n) is 14.4. The van der Waals surface area contributed by atoms with E-state index in [9.17, 15) is 0 Å². The average molecular weight is 331 g/mol. The van der Waals surface area contributed by atoms with Gasteiger partial charge in [-0.2, -0.15) is 0 Å². The molecule has 1 aliphatic carbocycles. The molecule has 2 aromatic heterocycles. The summed E-state index contributed by atoms with van der Waals surface area (Å²) >= 11 is 0. The third kappa shape index (κ3) is 2.31. The van der Waals surface area contributed by atoms with Crippen LogP contribution in [0.1, 0.15) is 30.3 Å². The van der Waals surface area contributed by atoms with Crippen LogP contribution < -0.4 is 11.2 Å². The lowest BCUT2D eigenvalue weighted by molar-refractivity contribution is 0.803. The summed E-state index contributed by atoms with van der Waals surface area (Å²) in [5.41, 5.74) is 16.4. The zero-order chi connectivity index (χ0) is 17.6. The van der Waals surface area contributed by atoms with Gasteiger partial charge in [-0.25, -0.2) is 0 Å². The Labute approximate surface area is 146 Å². The van der Waals surface area contributed by atoms with E-state index in [1.807, 2.05) is 36.1 Å². The number of fused-ring (bicyclic) bond motifs is 2. The Morgan fingerprint density at radius 3 is 2.84 bits per heavy atom. The summed E-state index contributed by atoms with van der Waals surface area (Å²) in [7, 11) is 1.86. The van der Waals surface area contributed by atoms with Crippen molar-refractivity contribution >= 4 is 22.3 Å². The largest absolute Gasteiger partial charge is 0.382 e. The lowest BCUT2D eigenvalue weighted by Gasteiger charge is -2.15. The van der Waals surface area contributed by atoms with Gasteiger partial charge in [0.15, 0.2) is 0 Å². The molecule has 5 heteroatoms. The maximum absolute atomic E-state index is 8.16. The Balaban J connectivity index is 2.07. The van der Waals surface area contributed by atoms with Gasteiger partial charge >= 0.3 is 0 Å². The Hall–Kier alpha value is -3.08. The SMILES string of the molecule is CNn1c2c(c(-c3cnc4ccccc4c3)c1C(=N)N)C(C)=CCC2. The topological polar surface area (TPSA) is 79.7 Å². The van der Waals surface area contributed by atoms with Gasteiger partial charge in [0.2, 0.25) is 0 Å². The van der Waals surface area contributed by atoms with Crippen LogP contribution in [-0.4, -0.2) is 22.5 Å². The molecule has 25 heavy (non-hydrogen) atoms. The zero-order valence-corrected chi connectivity index (χ0v) is 14.4. The van der Waals surface area contributed by atoms with E-state index in [-0.39, 0.29) is 5.84 Å². The fourth-order valence-electron chi connectivity index (χ4n) is 3.80. The molecule has 0 saturated carbocycles. The molecule has 0 bridgehead atoms. The second-order valence-corrected chi connectivity index (χ2v) is 6.36. The van der Waals surface area contributed by atoms with Crippen LogP contribution in [0, 0.1) is 5.41 Å². The fourth-order valence-corrected chi connectivity index (χ4v) is 3.80. The van der Waals surface area contributed by atoms with Gasteiger partial charge in [-0.1, -0.05) is 24.3 Å². The number of hydrogen-bond donors (Lipinski definition) is 3. The molecule has 0 atom stereocenters. The van der Waals surface area contributed by atoms with Gasteiger partial charge in [0.25, 0.3) is 0 Å². The van der Waals surface area contributed by atoms with Crippen molar-refractivity contribution in [2.45, 2.75) is 19.8 Å². The van der Waals surface area contributed by atoms with Gasteiger partial charge in [0.1, 0.15) is 11.5 Å². The molecule has 126 valence electrons. The number of pyridine rings is 1. The summed E-state index contributed by atoms with van der Waals surface area (Å²) in [6.45, 7) is 2.12. The summed E-state index contributed by atoms with van der Waals surface area (Å²) in [5.74, 6) is 0.0553. The lowest BCUT2D eigenvalue weighted by Crippen LogP contribution is -2.23. The molecule has 0 spiro atoms. The standard InChI is InChI=1S/C20H21N5/c1-12-6-5-9-16-17(12)18(19(20(21)22)25(16)23-2)14-10-13-7-3-4-8-15(13)24-11-14/h3-4,6-8,10-11,23H,5,9H2,1-2H3,(H3,21,22). The second kappa shape index (κ2) is 5.77. The monoisotopic (exact) mass is 331 g/mol. The second-order valence-electron chi connectivity index (χ2n) is 6.36. The minimum absolute atomic E-state index is 0.0553. The molecular weight excluding hydrogens is 310 g/mol. The highest BCUT2D eigenvalue weighted by Gasteiger charge is 2.27. The Morgan fingerprint density at radius 1 is 1.28 bits per heavy atom. The van der Waals surface area contributed by atoms with Gasteiger partial charge in [0, 0.05) is 41.0 Å². The Bertz CT molecular complexity index is 1030. The predicted octanol–water partition coefficient (Wildman–Crippen LogP) is 3.51. The number of nitrogens with two attached hydrogens (primary N) is 1. The molecule has 0 saturated heterocycles. The van der Waals surface area contributed by atoms with Crippen LogP contribution in [0.5, 0.6) is 0 Å². The van der Waals surface area contributed by atoms with Gasteiger partial charge in [-0.3, -0.25) is 15.1 Å². The average Bonchev–Trinajstić information content (AvgIpc) is 2.97. The van der Waals surface area contributed by atoms with Crippen molar-refractivity contribution in [1.29, 1.82) is 5.41 Å². The highest BCUT2D eigenvalue weighted by molar-refractivity contribution is 6.05. The highest BCUT2D eigenvalue weighted by Crippen LogP contribution is 2.40. The molecular formula is C20H21N5. The van der Waals surface area contributed by atoms with E-state index in [4.69, 9.17) is 11.1 Å². The number of allylic oxidation sites excluding steroid dienone is 2. The van der Waals surface area contributed by atoms with Crippen molar-refractivity contribution in [3.63, 3.8) is 0 Å². The molecule has 0 amide bonds. The van der Waals surface area contributed by atoms with Crippen molar-refractivity contribution in [2.75, 3.05) is 12.5 Å². The van der Waals surface area contributed by atoms with Gasteiger partial charge in [0.05, 0.1) is 5.52 Å². The van der Waals surface area contributed by atoms with E-state index in [0.717, 1.165) is 34.9 Å². The van der Waals surface area contributed by atoms with E-state index in [1.54, 1.807) is 0 Å². The van der Waals surface area contributed by atoms with Gasteiger partial charge < -0.3 is 11.2 Å². The maximum Gasteiger partial charge on any atom is 0.142 e. The van der Waals surface area contributed by atoms with Crippen LogP contribution in [0.2, 0.25) is 0 Å². The molecule has 0 radical (unpaired) electrons. The van der Waals surface area contributed by atoms with E-state index >= 15 is 0 Å². The summed E-state index contributed by atoms with van der Waals surface area (Å²) in [4.78, 5) is 4.61. The first-order chi connectivity index (χ1) is 12.1. The molecule has 0 aliphatic heterocycles. The third-order valence-electron chi connectivity index (χ3n) is 4.85. The van der Waals surface area contributed by atoms with Crippen LogP contribution in [0.25, 0.3) is 27.6 Å². The summed E-state index contributed by atoms with van der Waals surface area (Å²) in [5, 5.41) is 9.24. The number of nitrogen functional groups attached to an aromatic ring is 1.